The molecule has 0 heterocycles. The van der Waals surface area contributed by atoms with Crippen molar-refractivity contribution in [2.24, 2.45) is 0 Å². The molecule has 0 aromatic heterocycles. The lowest BCUT2D eigenvalue weighted by atomic mass is 10.1. The number of nitrogens with one attached hydrogen (secondary N) is 1. The lowest BCUT2D eigenvalue weighted by Gasteiger charge is -2.10. The Morgan fingerprint density at radius 2 is 1.83 bits per heavy atom. The highest BCUT2D eigenvalue weighted by Gasteiger charge is 2.07. The van der Waals surface area contributed by atoms with E-state index in [-0.39, 0.29) is 5.91 Å². The highest BCUT2D eigenvalue weighted by atomic mass is 79.9. The lowest BCUT2D eigenvalue weighted by molar-refractivity contribution is -0.121. The summed E-state index contributed by atoms with van der Waals surface area (Å²) in [5.74, 6) is 0.829. The maximum absolute atomic E-state index is 12.0. The minimum Gasteiger partial charge on any atom is -0.496 e. The molecule has 0 saturated carbocycles. The van der Waals surface area contributed by atoms with Crippen LogP contribution in [0.3, 0.4) is 0 Å². The van der Waals surface area contributed by atoms with Crippen molar-refractivity contribution < 1.29 is 9.53 Å². The van der Waals surface area contributed by atoms with E-state index in [1.165, 1.54) is 11.1 Å². The molecule has 0 fully saturated rings. The Labute approximate surface area is 146 Å². The van der Waals surface area contributed by atoms with Gasteiger partial charge in [-0.25, -0.2) is 0 Å². The van der Waals surface area contributed by atoms with Gasteiger partial charge in [-0.15, -0.1) is 0 Å². The van der Waals surface area contributed by atoms with E-state index in [1.807, 2.05) is 18.2 Å². The summed E-state index contributed by atoms with van der Waals surface area (Å²) >= 11 is 3.44. The Kier molecular flexibility index (Phi) is 6.66. The molecule has 0 spiro atoms. The van der Waals surface area contributed by atoms with Gasteiger partial charge < -0.3 is 10.1 Å². The Balaban J connectivity index is 1.84. The minimum absolute atomic E-state index is 0.0478. The summed E-state index contributed by atoms with van der Waals surface area (Å²) in [5, 5.41) is 2.95. The molecule has 1 N–H and O–H groups in total. The highest BCUT2D eigenvalue weighted by Crippen LogP contribution is 2.22. The Hall–Kier alpha value is -1.81. The summed E-state index contributed by atoms with van der Waals surface area (Å²) < 4.78 is 6.28. The van der Waals surface area contributed by atoms with E-state index < -0.39 is 0 Å². The second-order valence-corrected chi connectivity index (χ2v) is 6.32. The minimum atomic E-state index is 0.0478. The van der Waals surface area contributed by atoms with Gasteiger partial charge in [0.2, 0.25) is 5.91 Å². The monoisotopic (exact) mass is 375 g/mol. The molecule has 4 heteroatoms. The van der Waals surface area contributed by atoms with Crippen LogP contribution in [0.15, 0.2) is 46.9 Å². The number of methoxy groups -OCH3 is 1. The van der Waals surface area contributed by atoms with Crippen LogP contribution in [0.5, 0.6) is 5.75 Å². The third-order valence-corrected chi connectivity index (χ3v) is 4.28. The standard InChI is InChI=1S/C19H22BrNO2/c1-3-14-4-6-15(7-5-14)8-11-19(22)21-13-16-12-17(20)9-10-18(16)23-2/h4-7,9-10,12H,3,8,11,13H2,1-2H3,(H,21,22). The summed E-state index contributed by atoms with van der Waals surface area (Å²) in [6.45, 7) is 2.61. The van der Waals surface area contributed by atoms with Gasteiger partial charge in [-0.3, -0.25) is 4.79 Å². The molecule has 23 heavy (non-hydrogen) atoms. The average Bonchev–Trinajstić information content (AvgIpc) is 2.58. The third kappa shape index (κ3) is 5.39. The molecule has 0 saturated heterocycles. The molecule has 1 amide bonds. The largest absolute Gasteiger partial charge is 0.496 e. The van der Waals surface area contributed by atoms with E-state index in [9.17, 15) is 4.79 Å². The van der Waals surface area contributed by atoms with Crippen molar-refractivity contribution in [1.82, 2.24) is 5.32 Å². The van der Waals surface area contributed by atoms with Crippen molar-refractivity contribution in [2.45, 2.75) is 32.7 Å². The number of amides is 1. The molecule has 0 aliphatic carbocycles. The smallest absolute Gasteiger partial charge is 0.220 e. The predicted molar refractivity (Wildman–Crippen MR) is 96.7 cm³/mol. The Morgan fingerprint density at radius 3 is 2.48 bits per heavy atom. The number of aryl methyl sites for hydroxylation is 2. The van der Waals surface area contributed by atoms with Crippen LogP contribution < -0.4 is 10.1 Å². The van der Waals surface area contributed by atoms with E-state index in [4.69, 9.17) is 4.74 Å². The SMILES string of the molecule is CCc1ccc(CCC(=O)NCc2cc(Br)ccc2OC)cc1. The molecule has 3 nitrogen and oxygen atoms in total. The Morgan fingerprint density at radius 1 is 1.13 bits per heavy atom. The first kappa shape index (κ1) is 17.5. The summed E-state index contributed by atoms with van der Waals surface area (Å²) in [4.78, 5) is 12.0. The summed E-state index contributed by atoms with van der Waals surface area (Å²) in [5.41, 5.74) is 3.47. The fraction of sp³-hybridized carbons (Fsp3) is 0.316. The number of rotatable bonds is 7. The van der Waals surface area contributed by atoms with Gasteiger partial charge in [0.05, 0.1) is 7.11 Å². The van der Waals surface area contributed by atoms with Gasteiger partial charge in [-0.2, -0.15) is 0 Å². The average molecular weight is 376 g/mol. The van der Waals surface area contributed by atoms with Crippen molar-refractivity contribution in [3.05, 3.63) is 63.6 Å². The molecule has 0 bridgehead atoms. The van der Waals surface area contributed by atoms with Crippen molar-refractivity contribution in [1.29, 1.82) is 0 Å². The zero-order chi connectivity index (χ0) is 16.7. The molecule has 0 aliphatic rings. The third-order valence-electron chi connectivity index (χ3n) is 3.79. The van der Waals surface area contributed by atoms with Gasteiger partial charge in [0.25, 0.3) is 0 Å². The first-order valence-electron chi connectivity index (χ1n) is 7.79. The molecule has 122 valence electrons. The fourth-order valence-electron chi connectivity index (χ4n) is 2.37. The summed E-state index contributed by atoms with van der Waals surface area (Å²) in [7, 11) is 1.63. The predicted octanol–water partition coefficient (Wildman–Crippen LogP) is 4.27. The second-order valence-electron chi connectivity index (χ2n) is 5.40. The molecule has 0 unspecified atom stereocenters. The van der Waals surface area contributed by atoms with E-state index in [0.29, 0.717) is 13.0 Å². The molecule has 2 aromatic carbocycles. The quantitative estimate of drug-likeness (QED) is 0.784. The van der Waals surface area contributed by atoms with Crippen LogP contribution in [0.1, 0.15) is 30.0 Å². The summed E-state index contributed by atoms with van der Waals surface area (Å²) in [6.07, 6.45) is 2.28. The molecule has 2 aromatic rings. The van der Waals surface area contributed by atoms with Gasteiger partial charge in [0.15, 0.2) is 0 Å². The van der Waals surface area contributed by atoms with Crippen LogP contribution >= 0.6 is 15.9 Å². The molecule has 0 atom stereocenters. The van der Waals surface area contributed by atoms with Crippen LogP contribution in [-0.4, -0.2) is 13.0 Å². The number of hydrogen-bond donors (Lipinski definition) is 1. The fourth-order valence-corrected chi connectivity index (χ4v) is 2.78. The highest BCUT2D eigenvalue weighted by molar-refractivity contribution is 9.10. The van der Waals surface area contributed by atoms with Crippen molar-refractivity contribution in [2.75, 3.05) is 7.11 Å². The van der Waals surface area contributed by atoms with Gasteiger partial charge >= 0.3 is 0 Å². The maximum atomic E-state index is 12.0. The molecule has 0 aliphatic heterocycles. The van der Waals surface area contributed by atoms with Crippen LogP contribution in [-0.2, 0) is 24.2 Å². The lowest BCUT2D eigenvalue weighted by Crippen LogP contribution is -2.23. The van der Waals surface area contributed by atoms with Gasteiger partial charge in [-0.1, -0.05) is 47.1 Å². The van der Waals surface area contributed by atoms with E-state index >= 15 is 0 Å². The topological polar surface area (TPSA) is 38.3 Å². The zero-order valence-electron chi connectivity index (χ0n) is 13.6. The molecule has 0 radical (unpaired) electrons. The first-order chi connectivity index (χ1) is 11.1. The number of halogens is 1. The van der Waals surface area contributed by atoms with Gasteiger partial charge in [0.1, 0.15) is 5.75 Å². The van der Waals surface area contributed by atoms with Crippen molar-refractivity contribution in [3.63, 3.8) is 0 Å². The molecular weight excluding hydrogens is 354 g/mol. The first-order valence-corrected chi connectivity index (χ1v) is 8.58. The van der Waals surface area contributed by atoms with E-state index in [2.05, 4.69) is 52.4 Å². The maximum Gasteiger partial charge on any atom is 0.220 e. The number of hydrogen-bond acceptors (Lipinski definition) is 2. The number of ether oxygens (including phenoxy) is 1. The van der Waals surface area contributed by atoms with Crippen LogP contribution in [0.2, 0.25) is 0 Å². The zero-order valence-corrected chi connectivity index (χ0v) is 15.2. The van der Waals surface area contributed by atoms with Crippen LogP contribution in [0.4, 0.5) is 0 Å². The molecule has 2 rings (SSSR count). The Bertz CT molecular complexity index is 653. The van der Waals surface area contributed by atoms with Gasteiger partial charge in [-0.05, 0) is 42.2 Å². The van der Waals surface area contributed by atoms with Crippen LogP contribution in [0.25, 0.3) is 0 Å². The number of carbonyl (C=O) groups excluding carboxylic acids is 1. The van der Waals surface area contributed by atoms with Crippen molar-refractivity contribution >= 4 is 21.8 Å². The second kappa shape index (κ2) is 8.73. The van der Waals surface area contributed by atoms with Gasteiger partial charge in [0, 0.05) is 23.0 Å². The van der Waals surface area contributed by atoms with Crippen molar-refractivity contribution in [3.8, 4) is 5.75 Å². The number of benzene rings is 2. The molecular formula is C19H22BrNO2. The van der Waals surface area contributed by atoms with Crippen LogP contribution in [0, 0.1) is 0 Å². The van der Waals surface area contributed by atoms with E-state index in [0.717, 1.165) is 28.6 Å². The number of carbonyl (C=O) groups is 1. The van der Waals surface area contributed by atoms with E-state index in [1.54, 1.807) is 7.11 Å². The summed E-state index contributed by atoms with van der Waals surface area (Å²) in [6, 6.07) is 14.2. The normalized spacial score (nSPS) is 10.4.